The Morgan fingerprint density at radius 1 is 1.26 bits per heavy atom. The fourth-order valence-corrected chi connectivity index (χ4v) is 3.73. The molecular formula is C19H18ClN3O2S2. The second-order valence-corrected chi connectivity index (χ2v) is 8.03. The molecule has 3 rings (SSSR count). The molecule has 27 heavy (non-hydrogen) atoms. The maximum absolute atomic E-state index is 12.3. The van der Waals surface area contributed by atoms with Gasteiger partial charge in [0.25, 0.3) is 5.91 Å². The Kier molecular flexibility index (Phi) is 5.94. The van der Waals surface area contributed by atoms with E-state index in [4.69, 9.17) is 28.6 Å². The third-order valence-corrected chi connectivity index (χ3v) is 5.15. The summed E-state index contributed by atoms with van der Waals surface area (Å²) in [5.74, 6) is 0.411. The minimum atomic E-state index is -0.302. The van der Waals surface area contributed by atoms with Crippen molar-refractivity contribution >= 4 is 61.5 Å². The van der Waals surface area contributed by atoms with Crippen LogP contribution in [0.5, 0.6) is 5.75 Å². The van der Waals surface area contributed by atoms with Crippen molar-refractivity contribution in [3.63, 3.8) is 0 Å². The Hall–Kier alpha value is -2.22. The second-order valence-electron chi connectivity index (χ2n) is 6.19. The van der Waals surface area contributed by atoms with E-state index >= 15 is 0 Å². The number of carbonyl (C=O) groups excluding carboxylic acids is 1. The number of thiocarbonyl (C=S) groups is 1. The molecule has 0 spiro atoms. The van der Waals surface area contributed by atoms with Gasteiger partial charge in [-0.3, -0.25) is 10.1 Å². The summed E-state index contributed by atoms with van der Waals surface area (Å²) in [6, 6.07) is 10.7. The molecule has 0 fully saturated rings. The highest BCUT2D eigenvalue weighted by molar-refractivity contribution is 7.80. The van der Waals surface area contributed by atoms with Gasteiger partial charge in [0.15, 0.2) is 10.2 Å². The molecule has 1 amide bonds. The van der Waals surface area contributed by atoms with Gasteiger partial charge in [-0.25, -0.2) is 4.98 Å². The quantitative estimate of drug-likeness (QED) is 0.571. The Morgan fingerprint density at radius 2 is 1.96 bits per heavy atom. The predicted molar refractivity (Wildman–Crippen MR) is 115 cm³/mol. The van der Waals surface area contributed by atoms with Crippen LogP contribution in [0.1, 0.15) is 29.8 Å². The molecule has 0 aliphatic heterocycles. The van der Waals surface area contributed by atoms with Crippen molar-refractivity contribution in [3.8, 4) is 5.75 Å². The summed E-state index contributed by atoms with van der Waals surface area (Å²) in [6.07, 6.45) is 0.0777. The molecule has 1 aromatic heterocycles. The van der Waals surface area contributed by atoms with Gasteiger partial charge in [-0.15, -0.1) is 0 Å². The zero-order valence-electron chi connectivity index (χ0n) is 15.0. The molecule has 0 saturated heterocycles. The summed E-state index contributed by atoms with van der Waals surface area (Å²) >= 11 is 12.8. The molecule has 0 unspecified atom stereocenters. The molecular weight excluding hydrogens is 402 g/mol. The molecule has 140 valence electrons. The van der Waals surface area contributed by atoms with Gasteiger partial charge in [-0.05, 0) is 75.0 Å². The lowest BCUT2D eigenvalue weighted by atomic mass is 10.2. The number of benzene rings is 2. The van der Waals surface area contributed by atoms with Gasteiger partial charge in [-0.1, -0.05) is 22.9 Å². The third-order valence-electron chi connectivity index (χ3n) is 3.60. The van der Waals surface area contributed by atoms with Gasteiger partial charge in [0.1, 0.15) is 5.75 Å². The van der Waals surface area contributed by atoms with Gasteiger partial charge in [0, 0.05) is 10.6 Å². The van der Waals surface area contributed by atoms with E-state index in [-0.39, 0.29) is 17.1 Å². The number of hydrogen-bond donors (Lipinski definition) is 2. The van der Waals surface area contributed by atoms with Crippen molar-refractivity contribution in [3.05, 3.63) is 52.5 Å². The number of hydrogen-bond acceptors (Lipinski definition) is 5. The van der Waals surface area contributed by atoms with E-state index in [0.29, 0.717) is 21.5 Å². The van der Waals surface area contributed by atoms with Crippen molar-refractivity contribution in [2.24, 2.45) is 0 Å². The monoisotopic (exact) mass is 419 g/mol. The lowest BCUT2D eigenvalue weighted by Crippen LogP contribution is -2.34. The van der Waals surface area contributed by atoms with E-state index in [1.807, 2.05) is 32.9 Å². The number of rotatable bonds is 4. The van der Waals surface area contributed by atoms with Crippen LogP contribution in [0.15, 0.2) is 36.4 Å². The van der Waals surface area contributed by atoms with Crippen LogP contribution in [0.3, 0.4) is 0 Å². The number of nitrogens with zero attached hydrogens (tertiary/aromatic N) is 1. The van der Waals surface area contributed by atoms with E-state index in [1.54, 1.807) is 24.3 Å². The summed E-state index contributed by atoms with van der Waals surface area (Å²) in [5.41, 5.74) is 2.26. The van der Waals surface area contributed by atoms with Crippen LogP contribution < -0.4 is 15.4 Å². The lowest BCUT2D eigenvalue weighted by molar-refractivity contribution is 0.0977. The fourth-order valence-electron chi connectivity index (χ4n) is 2.36. The van der Waals surface area contributed by atoms with Gasteiger partial charge < -0.3 is 10.1 Å². The first-order valence-corrected chi connectivity index (χ1v) is 9.88. The fraction of sp³-hybridized carbons (Fsp3) is 0.211. The first-order valence-electron chi connectivity index (χ1n) is 8.27. The van der Waals surface area contributed by atoms with Gasteiger partial charge >= 0.3 is 0 Å². The number of carbonyl (C=O) groups is 1. The van der Waals surface area contributed by atoms with Crippen LogP contribution in [-0.2, 0) is 0 Å². The summed E-state index contributed by atoms with van der Waals surface area (Å²) in [5, 5.41) is 7.05. The zero-order valence-corrected chi connectivity index (χ0v) is 17.4. The SMILES string of the molecule is Cc1cc2sc(NC(=S)NC(=O)c3ccc(OC(C)C)cc3)nc2cc1Cl. The number of halogens is 1. The molecule has 3 aromatic rings. The van der Waals surface area contributed by atoms with E-state index in [2.05, 4.69) is 15.6 Å². The van der Waals surface area contributed by atoms with E-state index in [9.17, 15) is 4.79 Å². The number of amides is 1. The maximum atomic E-state index is 12.3. The van der Waals surface area contributed by atoms with Crippen molar-refractivity contribution in [2.75, 3.05) is 5.32 Å². The summed E-state index contributed by atoms with van der Waals surface area (Å²) in [7, 11) is 0. The van der Waals surface area contributed by atoms with Crippen LogP contribution in [0.4, 0.5) is 5.13 Å². The number of aryl methyl sites for hydroxylation is 1. The van der Waals surface area contributed by atoms with Crippen molar-refractivity contribution in [1.29, 1.82) is 0 Å². The minimum absolute atomic E-state index is 0.0777. The zero-order chi connectivity index (χ0) is 19.6. The van der Waals surface area contributed by atoms with E-state index in [0.717, 1.165) is 15.8 Å². The average Bonchev–Trinajstić information content (AvgIpc) is 2.96. The molecule has 0 atom stereocenters. The Balaban J connectivity index is 1.64. The number of anilines is 1. The smallest absolute Gasteiger partial charge is 0.257 e. The summed E-state index contributed by atoms with van der Waals surface area (Å²) < 4.78 is 6.56. The highest BCUT2D eigenvalue weighted by Gasteiger charge is 2.11. The highest BCUT2D eigenvalue weighted by atomic mass is 35.5. The van der Waals surface area contributed by atoms with Gasteiger partial charge in [0.05, 0.1) is 16.3 Å². The molecule has 0 radical (unpaired) electrons. The highest BCUT2D eigenvalue weighted by Crippen LogP contribution is 2.30. The molecule has 2 aromatic carbocycles. The van der Waals surface area contributed by atoms with Crippen molar-refractivity contribution < 1.29 is 9.53 Å². The van der Waals surface area contributed by atoms with E-state index in [1.165, 1.54) is 11.3 Å². The molecule has 0 bridgehead atoms. The van der Waals surface area contributed by atoms with Gasteiger partial charge in [0.2, 0.25) is 0 Å². The van der Waals surface area contributed by atoms with Crippen LogP contribution >= 0.6 is 35.2 Å². The van der Waals surface area contributed by atoms with E-state index < -0.39 is 0 Å². The van der Waals surface area contributed by atoms with Crippen LogP contribution in [0, 0.1) is 6.92 Å². The van der Waals surface area contributed by atoms with Gasteiger partial charge in [-0.2, -0.15) is 0 Å². The molecule has 8 heteroatoms. The van der Waals surface area contributed by atoms with Crippen molar-refractivity contribution in [2.45, 2.75) is 26.9 Å². The van der Waals surface area contributed by atoms with Crippen LogP contribution in [0.25, 0.3) is 10.2 Å². The Morgan fingerprint density at radius 3 is 2.63 bits per heavy atom. The maximum Gasteiger partial charge on any atom is 0.257 e. The normalized spacial score (nSPS) is 10.9. The molecule has 1 heterocycles. The third kappa shape index (κ3) is 4.94. The first kappa shape index (κ1) is 19.5. The summed E-state index contributed by atoms with van der Waals surface area (Å²) in [6.45, 7) is 5.83. The molecule has 2 N–H and O–H groups in total. The van der Waals surface area contributed by atoms with Crippen LogP contribution in [-0.4, -0.2) is 22.1 Å². The largest absolute Gasteiger partial charge is 0.491 e. The predicted octanol–water partition coefficient (Wildman–Crippen LogP) is 5.17. The van der Waals surface area contributed by atoms with Crippen molar-refractivity contribution in [1.82, 2.24) is 10.3 Å². The number of nitrogens with one attached hydrogen (secondary N) is 2. The number of ether oxygens (including phenoxy) is 1. The number of aromatic nitrogens is 1. The number of thiazole rings is 1. The number of fused-ring (bicyclic) bond motifs is 1. The second kappa shape index (κ2) is 8.21. The Labute approximate surface area is 171 Å². The molecule has 0 saturated carbocycles. The molecule has 0 aliphatic rings. The standard InChI is InChI=1S/C19H18ClN3O2S2/c1-10(2)25-13-6-4-12(5-7-13)17(24)22-18(26)23-19-21-15-9-14(20)11(3)8-16(15)27-19/h4-10H,1-3H3,(H2,21,22,23,24,26). The van der Waals surface area contributed by atoms with Crippen LogP contribution in [0.2, 0.25) is 5.02 Å². The Bertz CT molecular complexity index is 961. The first-order chi connectivity index (χ1) is 12.8. The summed E-state index contributed by atoms with van der Waals surface area (Å²) in [4.78, 5) is 16.8. The average molecular weight is 420 g/mol. The lowest BCUT2D eigenvalue weighted by Gasteiger charge is -2.10. The molecule has 0 aliphatic carbocycles. The minimum Gasteiger partial charge on any atom is -0.491 e. The molecule has 5 nitrogen and oxygen atoms in total. The topological polar surface area (TPSA) is 63.2 Å².